The first-order valence-corrected chi connectivity index (χ1v) is 14.3. The van der Waals surface area contributed by atoms with Crippen molar-refractivity contribution in [3.63, 3.8) is 0 Å². The Morgan fingerprint density at radius 3 is 2.62 bits per heavy atom. The second-order valence-electron chi connectivity index (χ2n) is 10.5. The maximum atomic E-state index is 14.1. The van der Waals surface area contributed by atoms with Crippen molar-refractivity contribution in [1.29, 1.82) is 0 Å². The molecule has 1 aromatic carbocycles. The number of carbonyl (C=O) groups is 2. The van der Waals surface area contributed by atoms with Crippen molar-refractivity contribution in [1.82, 2.24) is 9.88 Å². The molecule has 2 atom stereocenters. The average Bonchev–Trinajstić information content (AvgIpc) is 3.44. The van der Waals surface area contributed by atoms with Crippen LogP contribution >= 0.6 is 11.3 Å². The molecule has 7 heteroatoms. The van der Waals surface area contributed by atoms with Crippen molar-refractivity contribution in [3.05, 3.63) is 63.2 Å². The second kappa shape index (κ2) is 10.2. The van der Waals surface area contributed by atoms with Gasteiger partial charge in [0.15, 0.2) is 6.10 Å². The van der Waals surface area contributed by atoms with Gasteiger partial charge in [0.25, 0.3) is 5.91 Å². The molecular weight excluding hydrogens is 484 g/mol. The molecule has 0 N–H and O–H groups in total. The van der Waals surface area contributed by atoms with E-state index < -0.39 is 17.8 Å². The molecular formula is C30H36N2O4S. The molecule has 196 valence electrons. The largest absolute Gasteiger partial charge is 0.447 e. The molecule has 1 saturated heterocycles. The topological polar surface area (TPSA) is 68.7 Å². The number of hydrogen-bond acceptors (Lipinski definition) is 6. The van der Waals surface area contributed by atoms with Crippen molar-refractivity contribution >= 4 is 33.6 Å². The molecule has 1 aliphatic carbocycles. The highest BCUT2D eigenvalue weighted by molar-refractivity contribution is 7.18. The summed E-state index contributed by atoms with van der Waals surface area (Å²) in [7, 11) is 0. The lowest BCUT2D eigenvalue weighted by Gasteiger charge is -2.39. The molecule has 0 spiro atoms. The number of rotatable bonds is 3. The Labute approximate surface area is 223 Å². The fourth-order valence-electron chi connectivity index (χ4n) is 5.95. The summed E-state index contributed by atoms with van der Waals surface area (Å²) in [4.78, 5) is 35.6. The van der Waals surface area contributed by atoms with E-state index in [0.717, 1.165) is 34.5 Å². The lowest BCUT2D eigenvalue weighted by molar-refractivity contribution is -0.156. The van der Waals surface area contributed by atoms with Crippen LogP contribution in [0.25, 0.3) is 10.2 Å². The second-order valence-corrected chi connectivity index (χ2v) is 11.6. The molecule has 6 nitrogen and oxygen atoms in total. The van der Waals surface area contributed by atoms with Crippen molar-refractivity contribution in [3.8, 4) is 0 Å². The summed E-state index contributed by atoms with van der Waals surface area (Å²) in [6.07, 6.45) is 4.36. The van der Waals surface area contributed by atoms with Gasteiger partial charge in [0.1, 0.15) is 11.4 Å². The van der Waals surface area contributed by atoms with Gasteiger partial charge in [-0.05, 0) is 69.6 Å². The van der Waals surface area contributed by atoms with Crippen molar-refractivity contribution in [2.24, 2.45) is 0 Å². The predicted molar refractivity (Wildman–Crippen MR) is 146 cm³/mol. The summed E-state index contributed by atoms with van der Waals surface area (Å²) in [5.74, 6) is -0.351. The third-order valence-electron chi connectivity index (χ3n) is 7.48. The zero-order valence-corrected chi connectivity index (χ0v) is 23.2. The summed E-state index contributed by atoms with van der Waals surface area (Å²) >= 11 is 1.80. The van der Waals surface area contributed by atoms with Crippen LogP contribution < -0.4 is 0 Å². The summed E-state index contributed by atoms with van der Waals surface area (Å²) in [6, 6.07) is 9.53. The third-order valence-corrected chi connectivity index (χ3v) is 8.66. The Bertz CT molecular complexity index is 1330. The van der Waals surface area contributed by atoms with Gasteiger partial charge in [-0.15, -0.1) is 11.3 Å². The van der Waals surface area contributed by atoms with Gasteiger partial charge in [0, 0.05) is 27.9 Å². The molecule has 3 aliphatic rings. The van der Waals surface area contributed by atoms with Crippen LogP contribution in [0, 0.1) is 6.92 Å². The number of fused-ring (bicyclic) bond motifs is 5. The van der Waals surface area contributed by atoms with E-state index in [1.54, 1.807) is 11.3 Å². The monoisotopic (exact) mass is 520 g/mol. The highest BCUT2D eigenvalue weighted by Crippen LogP contribution is 2.46. The van der Waals surface area contributed by atoms with Gasteiger partial charge in [0.05, 0.1) is 11.6 Å². The molecule has 6 rings (SSSR count). The van der Waals surface area contributed by atoms with Crippen molar-refractivity contribution in [2.45, 2.75) is 90.9 Å². The maximum absolute atomic E-state index is 14.1. The average molecular weight is 521 g/mol. The van der Waals surface area contributed by atoms with Crippen LogP contribution in [0.4, 0.5) is 4.79 Å². The van der Waals surface area contributed by atoms with E-state index >= 15 is 0 Å². The third kappa shape index (κ3) is 4.68. The number of carbonyl (C=O) groups excluding carboxylic acids is 2. The smallest absolute Gasteiger partial charge is 0.417 e. The van der Waals surface area contributed by atoms with Crippen LogP contribution in [0.5, 0.6) is 0 Å². The lowest BCUT2D eigenvalue weighted by atomic mass is 9.83. The lowest BCUT2D eigenvalue weighted by Crippen LogP contribution is -2.47. The first-order chi connectivity index (χ1) is 17.8. The highest BCUT2D eigenvalue weighted by Gasteiger charge is 2.47. The van der Waals surface area contributed by atoms with E-state index in [9.17, 15) is 9.59 Å². The highest BCUT2D eigenvalue weighted by atomic mass is 32.1. The number of nitrogens with zero attached hydrogens (tertiary/aromatic N) is 2. The van der Waals surface area contributed by atoms with Crippen LogP contribution in [-0.2, 0) is 40.0 Å². The maximum Gasteiger partial charge on any atom is 0.417 e. The summed E-state index contributed by atoms with van der Waals surface area (Å²) in [5.41, 5.74) is 4.75. The summed E-state index contributed by atoms with van der Waals surface area (Å²) < 4.78 is 11.8. The molecule has 0 saturated carbocycles. The van der Waals surface area contributed by atoms with Crippen molar-refractivity contribution in [2.75, 3.05) is 6.61 Å². The van der Waals surface area contributed by atoms with Gasteiger partial charge >= 0.3 is 6.09 Å². The molecule has 0 unspecified atom stereocenters. The molecule has 2 aliphatic heterocycles. The zero-order valence-electron chi connectivity index (χ0n) is 22.4. The molecule has 0 bridgehead atoms. The summed E-state index contributed by atoms with van der Waals surface area (Å²) in [5, 5.41) is 1.23. The molecule has 2 amide bonds. The van der Waals surface area contributed by atoms with Gasteiger partial charge in [-0.1, -0.05) is 44.2 Å². The number of aromatic nitrogens is 1. The number of thiophene rings is 1. The Hall–Kier alpha value is -2.77. The number of aryl methyl sites for hydroxylation is 3. The summed E-state index contributed by atoms with van der Waals surface area (Å²) in [6.45, 7) is 10.2. The Morgan fingerprint density at radius 1 is 1.14 bits per heavy atom. The number of imide groups is 1. The van der Waals surface area contributed by atoms with Gasteiger partial charge in [-0.2, -0.15) is 0 Å². The predicted octanol–water partition coefficient (Wildman–Crippen LogP) is 6.49. The fourth-order valence-corrected chi connectivity index (χ4v) is 7.29. The van der Waals surface area contributed by atoms with E-state index in [2.05, 4.69) is 0 Å². The number of cyclic esters (lactones) is 1. The molecule has 3 aromatic rings. The van der Waals surface area contributed by atoms with Gasteiger partial charge in [-0.3, -0.25) is 4.79 Å². The first kappa shape index (κ1) is 25.9. The number of benzene rings is 1. The van der Waals surface area contributed by atoms with Crippen LogP contribution in [0.1, 0.15) is 79.5 Å². The number of ether oxygens (including phenoxy) is 2. The number of pyridine rings is 1. The minimum Gasteiger partial charge on any atom is -0.447 e. The Kier molecular flexibility index (Phi) is 7.12. The zero-order chi connectivity index (χ0) is 26.3. The Balaban J connectivity index is 0.00000137. The number of hydrogen-bond donors (Lipinski definition) is 0. The quantitative estimate of drug-likeness (QED) is 0.395. The van der Waals surface area contributed by atoms with Crippen LogP contribution in [0.15, 0.2) is 30.3 Å². The van der Waals surface area contributed by atoms with Crippen molar-refractivity contribution < 1.29 is 19.1 Å². The van der Waals surface area contributed by atoms with Crippen LogP contribution in [-0.4, -0.2) is 40.1 Å². The van der Waals surface area contributed by atoms with Crippen LogP contribution in [0.2, 0.25) is 0 Å². The molecule has 4 heterocycles. The Morgan fingerprint density at radius 2 is 1.86 bits per heavy atom. The van der Waals surface area contributed by atoms with E-state index in [-0.39, 0.29) is 18.6 Å². The minimum atomic E-state index is -0.881. The van der Waals surface area contributed by atoms with Crippen LogP contribution in [0.3, 0.4) is 0 Å². The fraction of sp³-hybridized carbons (Fsp3) is 0.500. The molecule has 0 radical (unpaired) electrons. The molecule has 2 aromatic heterocycles. The standard InChI is InChI=1S/C28H30N2O4S.C2H6/c1-16-22-20(23-19-11-7-8-12-21(19)35-25(23)29-16)14-28(2,3)34-24(22)26(31)30-18(15-33-27(30)32)13-17-9-5-4-6-10-17;1-2/h4-6,9-10,18,24H,7-8,11-15H2,1-3H3;1-2H3/t18-,24-;/m1./s1. The van der Waals surface area contributed by atoms with Gasteiger partial charge in [-0.25, -0.2) is 14.7 Å². The molecule has 1 fully saturated rings. The van der Waals surface area contributed by atoms with E-state index in [4.69, 9.17) is 14.5 Å². The van der Waals surface area contributed by atoms with Gasteiger partial charge < -0.3 is 9.47 Å². The molecule has 37 heavy (non-hydrogen) atoms. The van der Waals surface area contributed by atoms with E-state index in [1.807, 2.05) is 65.0 Å². The minimum absolute atomic E-state index is 0.191. The van der Waals surface area contributed by atoms with E-state index in [1.165, 1.54) is 39.1 Å². The van der Waals surface area contributed by atoms with Gasteiger partial charge in [0.2, 0.25) is 0 Å². The van der Waals surface area contributed by atoms with E-state index in [0.29, 0.717) is 12.8 Å². The number of amides is 2. The first-order valence-electron chi connectivity index (χ1n) is 13.5. The normalized spacial score (nSPS) is 22.1. The SMILES string of the molecule is CC.Cc1nc2sc3c(c2c2c1[C@H](C(=O)N1C(=O)OC[C@H]1Cc1ccccc1)OC(C)(C)C2)CCCC3.